The number of aliphatic hydroxyl groups is 1. The zero-order valence-corrected chi connectivity index (χ0v) is 23.7. The van der Waals surface area contributed by atoms with Crippen LogP contribution in [0.4, 0.5) is 14.5 Å². The molecule has 3 aromatic carbocycles. The summed E-state index contributed by atoms with van der Waals surface area (Å²) in [6.45, 7) is 5.74. The Bertz CT molecular complexity index is 1300. The van der Waals surface area contributed by atoms with E-state index >= 15 is 0 Å². The number of aliphatic hydroxyl groups excluding tert-OH is 1. The Balaban J connectivity index is 1.37. The number of nitrogens with one attached hydrogen (secondary N) is 2. The van der Waals surface area contributed by atoms with Crippen molar-refractivity contribution < 1.29 is 23.5 Å². The number of piperidine rings is 1. The second kappa shape index (κ2) is 14.3. The van der Waals surface area contributed by atoms with Gasteiger partial charge in [0.15, 0.2) is 5.78 Å². The highest BCUT2D eigenvalue weighted by Crippen LogP contribution is 2.24. The number of Topliss-reactive ketones (excluding diaryl/α,β-unsaturated/α-hetero) is 1. The molecule has 6 nitrogen and oxygen atoms in total. The smallest absolute Gasteiger partial charge is 0.223 e. The van der Waals surface area contributed by atoms with Gasteiger partial charge in [-0.05, 0) is 85.7 Å². The number of rotatable bonds is 12. The molecule has 41 heavy (non-hydrogen) atoms. The molecule has 2 atom stereocenters. The molecule has 0 unspecified atom stereocenters. The van der Waals surface area contributed by atoms with Crippen LogP contribution in [-0.4, -0.2) is 48.6 Å². The minimum Gasteiger partial charge on any atom is -0.390 e. The molecule has 3 N–H and O–H groups in total. The van der Waals surface area contributed by atoms with Gasteiger partial charge in [-0.1, -0.05) is 31.2 Å². The van der Waals surface area contributed by atoms with Crippen LogP contribution in [0, 0.1) is 17.6 Å². The average Bonchev–Trinajstić information content (AvgIpc) is 2.96. The van der Waals surface area contributed by atoms with Crippen LogP contribution < -0.4 is 15.5 Å². The third-order valence-electron chi connectivity index (χ3n) is 7.76. The molecule has 4 rings (SSSR count). The van der Waals surface area contributed by atoms with Crippen LogP contribution >= 0.6 is 0 Å². The first-order valence-electron chi connectivity index (χ1n) is 14.3. The molecule has 218 valence electrons. The second-order valence-corrected chi connectivity index (χ2v) is 10.8. The van der Waals surface area contributed by atoms with Crippen molar-refractivity contribution in [3.63, 3.8) is 0 Å². The first-order valence-corrected chi connectivity index (χ1v) is 14.3. The van der Waals surface area contributed by atoms with Crippen LogP contribution in [-0.2, 0) is 24.2 Å². The van der Waals surface area contributed by atoms with Crippen LogP contribution in [0.5, 0.6) is 0 Å². The number of carbonyl (C=O) groups excluding carboxylic acids is 2. The largest absolute Gasteiger partial charge is 0.390 e. The molecule has 1 heterocycles. The molecule has 8 heteroatoms. The molecule has 0 saturated carbocycles. The molecule has 1 aliphatic heterocycles. The Labute approximate surface area is 240 Å². The lowest BCUT2D eigenvalue weighted by Crippen LogP contribution is -2.51. The quantitative estimate of drug-likeness (QED) is 0.275. The predicted octanol–water partition coefficient (Wildman–Crippen LogP) is 4.82. The van der Waals surface area contributed by atoms with Gasteiger partial charge >= 0.3 is 0 Å². The minimum atomic E-state index is -0.973. The van der Waals surface area contributed by atoms with Crippen molar-refractivity contribution in [3.05, 3.63) is 101 Å². The molecule has 0 aromatic heterocycles. The van der Waals surface area contributed by atoms with Crippen LogP contribution in [0.15, 0.2) is 66.7 Å². The van der Waals surface area contributed by atoms with E-state index in [2.05, 4.69) is 34.6 Å². The number of carbonyl (C=O) groups is 2. The lowest BCUT2D eigenvalue weighted by atomic mass is 9.93. The third-order valence-corrected chi connectivity index (χ3v) is 7.76. The topological polar surface area (TPSA) is 81.7 Å². The fraction of sp³-hybridized carbons (Fsp3) is 0.394. The number of nitrogens with zero attached hydrogens (tertiary/aromatic N) is 1. The summed E-state index contributed by atoms with van der Waals surface area (Å²) in [6, 6.07) is 18.2. The summed E-state index contributed by atoms with van der Waals surface area (Å²) in [5, 5.41) is 17.3. The molecule has 0 spiro atoms. The fourth-order valence-electron chi connectivity index (χ4n) is 5.34. The highest BCUT2D eigenvalue weighted by Gasteiger charge is 2.29. The van der Waals surface area contributed by atoms with Gasteiger partial charge in [-0.15, -0.1) is 0 Å². The van der Waals surface area contributed by atoms with Crippen molar-refractivity contribution >= 4 is 17.4 Å². The number of aryl methyl sites for hydroxylation is 1. The Morgan fingerprint density at radius 2 is 1.61 bits per heavy atom. The zero-order chi connectivity index (χ0) is 29.4. The Kier molecular flexibility index (Phi) is 10.6. The monoisotopic (exact) mass is 563 g/mol. The normalized spacial score (nSPS) is 15.4. The summed E-state index contributed by atoms with van der Waals surface area (Å²) in [7, 11) is 0. The SMILES string of the molecule is CCc1cccc(CNC[C@@H](O)[C@H](Cc2cc(F)cc(F)c2)NC(=O)C2CCN(c3ccc(C(C)=O)cc3)CC2)c1. The lowest BCUT2D eigenvalue weighted by Gasteiger charge is -2.34. The maximum absolute atomic E-state index is 13.9. The second-order valence-electron chi connectivity index (χ2n) is 10.8. The number of anilines is 1. The summed E-state index contributed by atoms with van der Waals surface area (Å²) in [5.74, 6) is -1.79. The maximum atomic E-state index is 13.9. The van der Waals surface area contributed by atoms with E-state index in [4.69, 9.17) is 0 Å². The minimum absolute atomic E-state index is 0.0190. The first-order chi connectivity index (χ1) is 19.7. The van der Waals surface area contributed by atoms with Gasteiger partial charge in [-0.2, -0.15) is 0 Å². The molecular weight excluding hydrogens is 524 g/mol. The number of ketones is 1. The average molecular weight is 564 g/mol. The fourth-order valence-corrected chi connectivity index (χ4v) is 5.34. The Morgan fingerprint density at radius 3 is 2.24 bits per heavy atom. The van der Waals surface area contributed by atoms with Gasteiger partial charge in [0.2, 0.25) is 5.91 Å². The molecular formula is C33H39F2N3O3. The number of amides is 1. The highest BCUT2D eigenvalue weighted by atomic mass is 19.1. The Hall–Kier alpha value is -3.62. The van der Waals surface area contributed by atoms with Crippen molar-refractivity contribution in [1.29, 1.82) is 0 Å². The summed E-state index contributed by atoms with van der Waals surface area (Å²) in [4.78, 5) is 27.1. The van der Waals surface area contributed by atoms with Crippen LogP contribution in [0.3, 0.4) is 0 Å². The van der Waals surface area contributed by atoms with E-state index in [0.29, 0.717) is 43.6 Å². The van der Waals surface area contributed by atoms with Gasteiger partial charge in [0.05, 0.1) is 12.1 Å². The molecule has 1 saturated heterocycles. The number of hydrogen-bond acceptors (Lipinski definition) is 5. The van der Waals surface area contributed by atoms with E-state index in [9.17, 15) is 23.5 Å². The highest BCUT2D eigenvalue weighted by molar-refractivity contribution is 5.94. The first kappa shape index (κ1) is 30.3. The van der Waals surface area contributed by atoms with Gasteiger partial charge < -0.3 is 20.6 Å². The van der Waals surface area contributed by atoms with Crippen LogP contribution in [0.25, 0.3) is 0 Å². The molecule has 1 amide bonds. The van der Waals surface area contributed by atoms with Crippen molar-refractivity contribution in [1.82, 2.24) is 10.6 Å². The van der Waals surface area contributed by atoms with Gasteiger partial charge in [0.1, 0.15) is 11.6 Å². The van der Waals surface area contributed by atoms with Crippen LogP contribution in [0.2, 0.25) is 0 Å². The van der Waals surface area contributed by atoms with E-state index in [1.807, 2.05) is 36.4 Å². The molecule has 0 radical (unpaired) electrons. The molecule has 3 aromatic rings. The van der Waals surface area contributed by atoms with Crippen molar-refractivity contribution in [2.75, 3.05) is 24.5 Å². The summed E-state index contributed by atoms with van der Waals surface area (Å²) in [5.41, 5.74) is 4.35. The number of hydrogen-bond donors (Lipinski definition) is 3. The number of benzene rings is 3. The standard InChI is InChI=1S/C33H39F2N3O3/c1-3-23-5-4-6-24(15-23)20-36-21-32(40)31(18-25-16-28(34)19-29(35)17-25)37-33(41)27-11-13-38(14-12-27)30-9-7-26(8-10-30)22(2)39/h4-10,15-17,19,27,31-32,36,40H,3,11-14,18,20-21H2,1-2H3,(H,37,41)/t31-,32+/m0/s1. The molecule has 0 bridgehead atoms. The summed E-state index contributed by atoms with van der Waals surface area (Å²) in [6.07, 6.45) is 1.31. The summed E-state index contributed by atoms with van der Waals surface area (Å²) >= 11 is 0. The Morgan fingerprint density at radius 1 is 0.951 bits per heavy atom. The van der Waals surface area contributed by atoms with Gasteiger partial charge in [0.25, 0.3) is 0 Å². The molecule has 0 aliphatic carbocycles. The maximum Gasteiger partial charge on any atom is 0.223 e. The third kappa shape index (κ3) is 8.68. The molecule has 1 aliphatic rings. The van der Waals surface area contributed by atoms with E-state index in [1.54, 1.807) is 0 Å². The van der Waals surface area contributed by atoms with E-state index in [1.165, 1.54) is 24.6 Å². The zero-order valence-electron chi connectivity index (χ0n) is 23.7. The van der Waals surface area contributed by atoms with Gasteiger partial charge in [0, 0.05) is 49.4 Å². The van der Waals surface area contributed by atoms with Gasteiger partial charge in [-0.3, -0.25) is 9.59 Å². The van der Waals surface area contributed by atoms with E-state index in [-0.39, 0.29) is 30.6 Å². The predicted molar refractivity (Wildman–Crippen MR) is 157 cm³/mol. The van der Waals surface area contributed by atoms with Crippen molar-refractivity contribution in [2.45, 2.75) is 58.2 Å². The van der Waals surface area contributed by atoms with Crippen molar-refractivity contribution in [2.24, 2.45) is 5.92 Å². The van der Waals surface area contributed by atoms with E-state index in [0.717, 1.165) is 23.7 Å². The number of halogens is 2. The molecule has 1 fully saturated rings. The van der Waals surface area contributed by atoms with E-state index < -0.39 is 23.8 Å². The van der Waals surface area contributed by atoms with Crippen molar-refractivity contribution in [3.8, 4) is 0 Å². The van der Waals surface area contributed by atoms with Gasteiger partial charge in [-0.25, -0.2) is 8.78 Å². The lowest BCUT2D eigenvalue weighted by molar-refractivity contribution is -0.127. The van der Waals surface area contributed by atoms with Crippen LogP contribution in [0.1, 0.15) is 53.7 Å². The summed E-state index contributed by atoms with van der Waals surface area (Å²) < 4.78 is 27.8.